The molecule has 1 saturated carbocycles. The third-order valence-corrected chi connectivity index (χ3v) is 4.08. The highest BCUT2D eigenvalue weighted by Gasteiger charge is 2.38. The van der Waals surface area contributed by atoms with Crippen LogP contribution in [0.4, 0.5) is 0 Å². The van der Waals surface area contributed by atoms with Gasteiger partial charge in [0.15, 0.2) is 0 Å². The fourth-order valence-corrected chi connectivity index (χ4v) is 2.80. The zero-order valence-electron chi connectivity index (χ0n) is 7.96. The van der Waals surface area contributed by atoms with Crippen LogP contribution < -0.4 is 5.73 Å². The second kappa shape index (κ2) is 3.55. The van der Waals surface area contributed by atoms with Crippen molar-refractivity contribution in [3.63, 3.8) is 0 Å². The Balaban J connectivity index is 2.45. The average Bonchev–Trinajstić information content (AvgIpc) is 2.11. The van der Waals surface area contributed by atoms with Gasteiger partial charge < -0.3 is 10.8 Å². The number of rotatable bonds is 2. The van der Waals surface area contributed by atoms with Gasteiger partial charge in [0, 0.05) is 12.0 Å². The number of nitrogens with two attached hydrogens (primary N) is 1. The molecule has 0 aliphatic heterocycles. The molecule has 1 aromatic rings. The van der Waals surface area contributed by atoms with Crippen molar-refractivity contribution >= 4 is 15.9 Å². The smallest absolute Gasteiger partial charge is 0.130 e. The van der Waals surface area contributed by atoms with Crippen LogP contribution in [0.15, 0.2) is 22.7 Å². The van der Waals surface area contributed by atoms with Gasteiger partial charge in [-0.05, 0) is 40.4 Å². The number of benzene rings is 1. The van der Waals surface area contributed by atoms with Crippen molar-refractivity contribution in [1.82, 2.24) is 0 Å². The monoisotopic (exact) mass is 255 g/mol. The molecule has 0 spiro atoms. The molecular formula is C11H14BrNO. The summed E-state index contributed by atoms with van der Waals surface area (Å²) in [5, 5.41) is 9.59. The predicted molar refractivity (Wildman–Crippen MR) is 60.4 cm³/mol. The largest absolute Gasteiger partial charge is 0.507 e. The van der Waals surface area contributed by atoms with Crippen LogP contribution in [-0.4, -0.2) is 11.7 Å². The second-order valence-electron chi connectivity index (χ2n) is 3.98. The van der Waals surface area contributed by atoms with Gasteiger partial charge in [-0.2, -0.15) is 0 Å². The summed E-state index contributed by atoms with van der Waals surface area (Å²) in [5.74, 6) is 0.308. The van der Waals surface area contributed by atoms with Gasteiger partial charge >= 0.3 is 0 Å². The highest BCUT2D eigenvalue weighted by Crippen LogP contribution is 2.47. The number of phenolic OH excluding ortho intramolecular Hbond substituents is 1. The zero-order chi connectivity index (χ0) is 10.2. The maximum absolute atomic E-state index is 9.59. The van der Waals surface area contributed by atoms with Crippen molar-refractivity contribution in [1.29, 1.82) is 0 Å². The highest BCUT2D eigenvalue weighted by molar-refractivity contribution is 9.10. The lowest BCUT2D eigenvalue weighted by molar-refractivity contribution is 0.251. The molecule has 2 rings (SSSR count). The number of phenols is 1. The number of hydrogen-bond donors (Lipinski definition) is 2. The Morgan fingerprint density at radius 1 is 1.43 bits per heavy atom. The Morgan fingerprint density at radius 3 is 2.64 bits per heavy atom. The van der Waals surface area contributed by atoms with Crippen molar-refractivity contribution in [2.24, 2.45) is 5.73 Å². The molecule has 1 aliphatic carbocycles. The summed E-state index contributed by atoms with van der Waals surface area (Å²) in [6.07, 6.45) is 3.50. The Kier molecular flexibility index (Phi) is 2.54. The van der Waals surface area contributed by atoms with E-state index in [2.05, 4.69) is 22.0 Å². The van der Waals surface area contributed by atoms with Gasteiger partial charge in [0.05, 0.1) is 4.47 Å². The number of halogens is 1. The molecule has 2 nitrogen and oxygen atoms in total. The number of aromatic hydroxyl groups is 1. The second-order valence-corrected chi connectivity index (χ2v) is 4.77. The maximum Gasteiger partial charge on any atom is 0.130 e. The average molecular weight is 256 g/mol. The van der Waals surface area contributed by atoms with Crippen molar-refractivity contribution in [3.05, 3.63) is 28.2 Å². The van der Waals surface area contributed by atoms with E-state index in [9.17, 15) is 5.11 Å². The Hall–Kier alpha value is -0.540. The van der Waals surface area contributed by atoms with E-state index in [0.717, 1.165) is 22.9 Å². The van der Waals surface area contributed by atoms with Crippen molar-refractivity contribution in [2.75, 3.05) is 6.54 Å². The fraction of sp³-hybridized carbons (Fsp3) is 0.455. The predicted octanol–water partition coefficient (Wildman–Crippen LogP) is 2.54. The molecule has 0 amide bonds. The van der Waals surface area contributed by atoms with Crippen LogP contribution in [0.1, 0.15) is 24.8 Å². The van der Waals surface area contributed by atoms with Crippen LogP contribution in [0, 0.1) is 0 Å². The molecule has 0 heterocycles. The van der Waals surface area contributed by atoms with Gasteiger partial charge in [-0.3, -0.25) is 0 Å². The number of hydrogen-bond acceptors (Lipinski definition) is 2. The minimum Gasteiger partial charge on any atom is -0.507 e. The SMILES string of the molecule is NCC1(c2cccc(O)c2Br)CCC1. The first-order valence-corrected chi connectivity index (χ1v) is 5.67. The normalized spacial score (nSPS) is 19.0. The summed E-state index contributed by atoms with van der Waals surface area (Å²) < 4.78 is 0.810. The first-order valence-electron chi connectivity index (χ1n) is 4.88. The molecule has 1 aliphatic rings. The molecule has 0 radical (unpaired) electrons. The lowest BCUT2D eigenvalue weighted by atomic mass is 9.64. The molecule has 76 valence electrons. The minimum atomic E-state index is 0.109. The molecule has 3 heteroatoms. The molecule has 0 unspecified atom stereocenters. The van der Waals surface area contributed by atoms with Crippen LogP contribution in [0.3, 0.4) is 0 Å². The van der Waals surface area contributed by atoms with Crippen LogP contribution in [0.25, 0.3) is 0 Å². The molecule has 0 bridgehead atoms. The van der Waals surface area contributed by atoms with Crippen LogP contribution >= 0.6 is 15.9 Å². The molecule has 0 saturated heterocycles. The van der Waals surface area contributed by atoms with Gasteiger partial charge in [-0.25, -0.2) is 0 Å². The topological polar surface area (TPSA) is 46.2 Å². The highest BCUT2D eigenvalue weighted by atomic mass is 79.9. The van der Waals surface area contributed by atoms with E-state index in [1.807, 2.05) is 6.07 Å². The van der Waals surface area contributed by atoms with Crippen LogP contribution in [0.2, 0.25) is 0 Å². The van der Waals surface area contributed by atoms with Crippen LogP contribution in [-0.2, 0) is 5.41 Å². The molecule has 0 atom stereocenters. The van der Waals surface area contributed by atoms with E-state index in [4.69, 9.17) is 5.73 Å². The first-order chi connectivity index (χ1) is 6.69. The lowest BCUT2D eigenvalue weighted by Crippen LogP contribution is -2.41. The van der Waals surface area contributed by atoms with Crippen molar-refractivity contribution < 1.29 is 5.11 Å². The summed E-state index contributed by atoms with van der Waals surface area (Å²) >= 11 is 3.43. The van der Waals surface area contributed by atoms with E-state index in [1.165, 1.54) is 6.42 Å². The van der Waals surface area contributed by atoms with E-state index in [0.29, 0.717) is 12.3 Å². The quantitative estimate of drug-likeness (QED) is 0.854. The Labute approximate surface area is 92.3 Å². The zero-order valence-corrected chi connectivity index (χ0v) is 9.55. The fourth-order valence-electron chi connectivity index (χ4n) is 2.12. The van der Waals surface area contributed by atoms with Gasteiger partial charge in [0.1, 0.15) is 5.75 Å². The third-order valence-electron chi connectivity index (χ3n) is 3.25. The summed E-state index contributed by atoms with van der Waals surface area (Å²) in [5.41, 5.74) is 7.08. The Bertz CT molecular complexity index is 342. The van der Waals surface area contributed by atoms with Crippen molar-refractivity contribution in [2.45, 2.75) is 24.7 Å². The third kappa shape index (κ3) is 1.35. The van der Waals surface area contributed by atoms with E-state index in [-0.39, 0.29) is 5.41 Å². The summed E-state index contributed by atoms with van der Waals surface area (Å²) in [7, 11) is 0. The first kappa shape index (κ1) is 9.99. The molecule has 0 aromatic heterocycles. The molecule has 1 fully saturated rings. The Morgan fingerprint density at radius 2 is 2.14 bits per heavy atom. The van der Waals surface area contributed by atoms with Gasteiger partial charge in [0.2, 0.25) is 0 Å². The van der Waals surface area contributed by atoms with Gasteiger partial charge in [0.25, 0.3) is 0 Å². The van der Waals surface area contributed by atoms with Gasteiger partial charge in [-0.1, -0.05) is 18.6 Å². The summed E-state index contributed by atoms with van der Waals surface area (Å²) in [6.45, 7) is 0.662. The standard InChI is InChI=1S/C11H14BrNO/c12-10-8(3-1-4-9(10)14)11(7-13)5-2-6-11/h1,3-4,14H,2,5-7,13H2. The van der Waals surface area contributed by atoms with Gasteiger partial charge in [-0.15, -0.1) is 0 Å². The van der Waals surface area contributed by atoms with E-state index >= 15 is 0 Å². The maximum atomic E-state index is 9.59. The minimum absolute atomic E-state index is 0.109. The molecular weight excluding hydrogens is 242 g/mol. The van der Waals surface area contributed by atoms with Crippen LogP contribution in [0.5, 0.6) is 5.75 Å². The summed E-state index contributed by atoms with van der Waals surface area (Å²) in [4.78, 5) is 0. The van der Waals surface area contributed by atoms with E-state index < -0.39 is 0 Å². The van der Waals surface area contributed by atoms with E-state index in [1.54, 1.807) is 6.07 Å². The lowest BCUT2D eigenvalue weighted by Gasteiger charge is -2.42. The summed E-state index contributed by atoms with van der Waals surface area (Å²) in [6, 6.07) is 5.62. The van der Waals surface area contributed by atoms with Crippen molar-refractivity contribution in [3.8, 4) is 5.75 Å². The molecule has 14 heavy (non-hydrogen) atoms. The molecule has 1 aromatic carbocycles. The molecule has 3 N–H and O–H groups in total.